The summed E-state index contributed by atoms with van der Waals surface area (Å²) in [5, 5.41) is 17.2. The molecule has 0 saturated carbocycles. The van der Waals surface area contributed by atoms with Crippen LogP contribution in [-0.4, -0.2) is 24.1 Å². The fraction of sp³-hybridized carbons (Fsp3) is 0.455. The van der Waals surface area contributed by atoms with Gasteiger partial charge in [0.05, 0.1) is 8.49 Å². The number of nitro groups is 1. The third kappa shape index (κ3) is 3.08. The average Bonchev–Trinajstić information content (AvgIpc) is 2.34. The molecular weight excluding hydrogens is 352 g/mol. The normalized spacial score (nSPS) is 16.6. The summed E-state index contributed by atoms with van der Waals surface area (Å²) < 4.78 is 13.8. The summed E-state index contributed by atoms with van der Waals surface area (Å²) in [6.07, 6.45) is 1.76. The standard InChI is InChI=1S/C11H13FIN3O2/c12-8-5-10(11(16(17)18)6-9(8)13)15-7-1-3-14-4-2-7/h5-7,14-15H,1-4H2. The van der Waals surface area contributed by atoms with Gasteiger partial charge in [-0.15, -0.1) is 0 Å². The van der Waals surface area contributed by atoms with Crippen LogP contribution < -0.4 is 10.6 Å². The Bertz CT molecular complexity index is 464. The van der Waals surface area contributed by atoms with Crippen molar-refractivity contribution in [1.29, 1.82) is 0 Å². The lowest BCUT2D eigenvalue weighted by Gasteiger charge is -2.24. The van der Waals surface area contributed by atoms with Crippen LogP contribution in [-0.2, 0) is 0 Å². The zero-order valence-corrected chi connectivity index (χ0v) is 11.7. The number of hydrogen-bond donors (Lipinski definition) is 2. The van der Waals surface area contributed by atoms with Crippen molar-refractivity contribution in [1.82, 2.24) is 5.32 Å². The molecule has 1 fully saturated rings. The SMILES string of the molecule is O=[N+]([O-])c1cc(I)c(F)cc1NC1CCNCC1. The first-order valence-corrected chi connectivity index (χ1v) is 6.76. The number of rotatable bonds is 3. The molecule has 1 aromatic rings. The molecule has 5 nitrogen and oxygen atoms in total. The second-order valence-electron chi connectivity index (χ2n) is 4.21. The predicted molar refractivity (Wildman–Crippen MR) is 75.3 cm³/mol. The summed E-state index contributed by atoms with van der Waals surface area (Å²) in [5.74, 6) is -0.433. The summed E-state index contributed by atoms with van der Waals surface area (Å²) >= 11 is 1.75. The molecule has 1 aliphatic heterocycles. The van der Waals surface area contributed by atoms with Crippen molar-refractivity contribution in [2.24, 2.45) is 0 Å². The van der Waals surface area contributed by atoms with Gasteiger partial charge in [-0.2, -0.15) is 0 Å². The fourth-order valence-corrected chi connectivity index (χ4v) is 2.44. The van der Waals surface area contributed by atoms with E-state index in [0.717, 1.165) is 25.9 Å². The van der Waals surface area contributed by atoms with Crippen molar-refractivity contribution in [3.63, 3.8) is 0 Å². The van der Waals surface area contributed by atoms with E-state index >= 15 is 0 Å². The molecule has 0 aromatic heterocycles. The highest BCUT2D eigenvalue weighted by Crippen LogP contribution is 2.29. The molecule has 1 heterocycles. The molecule has 0 bridgehead atoms. The van der Waals surface area contributed by atoms with E-state index in [-0.39, 0.29) is 21.0 Å². The Labute approximate surface area is 117 Å². The molecule has 0 aliphatic carbocycles. The van der Waals surface area contributed by atoms with Crippen molar-refractivity contribution < 1.29 is 9.31 Å². The Balaban J connectivity index is 2.24. The van der Waals surface area contributed by atoms with Crippen molar-refractivity contribution in [3.05, 3.63) is 31.6 Å². The highest BCUT2D eigenvalue weighted by atomic mass is 127. The highest BCUT2D eigenvalue weighted by molar-refractivity contribution is 14.1. The fourth-order valence-electron chi connectivity index (χ4n) is 1.99. The zero-order valence-electron chi connectivity index (χ0n) is 9.58. The Morgan fingerprint density at radius 2 is 2.11 bits per heavy atom. The molecule has 98 valence electrons. The van der Waals surface area contributed by atoms with Gasteiger partial charge in [0, 0.05) is 18.2 Å². The molecule has 18 heavy (non-hydrogen) atoms. The van der Waals surface area contributed by atoms with Crippen molar-refractivity contribution >= 4 is 34.0 Å². The van der Waals surface area contributed by atoms with E-state index in [1.165, 1.54) is 12.1 Å². The summed E-state index contributed by atoms with van der Waals surface area (Å²) in [6, 6.07) is 2.63. The number of halogens is 2. The maximum Gasteiger partial charge on any atom is 0.293 e. The molecule has 0 amide bonds. The third-order valence-corrected chi connectivity index (χ3v) is 3.76. The minimum Gasteiger partial charge on any atom is -0.377 e. The van der Waals surface area contributed by atoms with Gasteiger partial charge < -0.3 is 10.6 Å². The van der Waals surface area contributed by atoms with E-state index in [9.17, 15) is 14.5 Å². The lowest BCUT2D eigenvalue weighted by Crippen LogP contribution is -2.35. The van der Waals surface area contributed by atoms with Crippen LogP contribution in [0.2, 0.25) is 0 Å². The molecule has 1 aliphatic rings. The minimum absolute atomic E-state index is 0.0701. The van der Waals surface area contributed by atoms with Crippen molar-refractivity contribution in [2.75, 3.05) is 18.4 Å². The quantitative estimate of drug-likeness (QED) is 0.491. The lowest BCUT2D eigenvalue weighted by atomic mass is 10.1. The first-order valence-electron chi connectivity index (χ1n) is 5.68. The zero-order chi connectivity index (χ0) is 13.1. The van der Waals surface area contributed by atoms with E-state index in [1.54, 1.807) is 22.6 Å². The molecule has 2 rings (SSSR count). The molecule has 0 atom stereocenters. The maximum absolute atomic E-state index is 13.5. The van der Waals surface area contributed by atoms with Crippen LogP contribution in [0.5, 0.6) is 0 Å². The molecule has 0 unspecified atom stereocenters. The molecule has 7 heteroatoms. The van der Waals surface area contributed by atoms with Crippen LogP contribution in [0.4, 0.5) is 15.8 Å². The Kier molecular flexibility index (Phi) is 4.33. The lowest BCUT2D eigenvalue weighted by molar-refractivity contribution is -0.384. The molecule has 0 spiro atoms. The molecule has 1 aromatic carbocycles. The Hall–Kier alpha value is -0.960. The minimum atomic E-state index is -0.481. The smallest absolute Gasteiger partial charge is 0.293 e. The van der Waals surface area contributed by atoms with E-state index in [0.29, 0.717) is 0 Å². The Morgan fingerprint density at radius 1 is 1.44 bits per heavy atom. The number of nitrogens with one attached hydrogen (secondary N) is 2. The topological polar surface area (TPSA) is 67.2 Å². The largest absolute Gasteiger partial charge is 0.377 e. The van der Waals surface area contributed by atoms with Gasteiger partial charge in [-0.05, 0) is 48.5 Å². The monoisotopic (exact) mass is 365 g/mol. The van der Waals surface area contributed by atoms with E-state index in [2.05, 4.69) is 10.6 Å². The van der Waals surface area contributed by atoms with Crippen LogP contribution >= 0.6 is 22.6 Å². The molecule has 0 radical (unpaired) electrons. The predicted octanol–water partition coefficient (Wildman–Crippen LogP) is 2.50. The molecule has 1 saturated heterocycles. The summed E-state index contributed by atoms with van der Waals surface area (Å²) in [7, 11) is 0. The number of piperidine rings is 1. The van der Waals surface area contributed by atoms with Crippen LogP contribution in [0.25, 0.3) is 0 Å². The number of nitro benzene ring substituents is 1. The first-order chi connectivity index (χ1) is 8.58. The van der Waals surface area contributed by atoms with Gasteiger partial charge in [-0.1, -0.05) is 0 Å². The number of nitrogens with zero attached hydrogens (tertiary/aromatic N) is 1. The Morgan fingerprint density at radius 3 is 2.72 bits per heavy atom. The van der Waals surface area contributed by atoms with Gasteiger partial charge in [0.15, 0.2) is 0 Å². The second-order valence-corrected chi connectivity index (χ2v) is 5.37. The van der Waals surface area contributed by atoms with E-state index in [4.69, 9.17) is 0 Å². The van der Waals surface area contributed by atoms with Crippen molar-refractivity contribution in [2.45, 2.75) is 18.9 Å². The van der Waals surface area contributed by atoms with Crippen LogP contribution in [0.1, 0.15) is 12.8 Å². The van der Waals surface area contributed by atoms with Gasteiger partial charge in [-0.25, -0.2) is 4.39 Å². The first kappa shape index (κ1) is 13.5. The summed E-state index contributed by atoms with van der Waals surface area (Å²) in [5.41, 5.74) is 0.198. The van der Waals surface area contributed by atoms with Gasteiger partial charge in [0.1, 0.15) is 11.5 Å². The van der Waals surface area contributed by atoms with Crippen LogP contribution in [0.3, 0.4) is 0 Å². The maximum atomic E-state index is 13.5. The van der Waals surface area contributed by atoms with E-state index in [1.807, 2.05) is 0 Å². The molecule has 2 N–H and O–H groups in total. The highest BCUT2D eigenvalue weighted by Gasteiger charge is 2.21. The number of benzene rings is 1. The van der Waals surface area contributed by atoms with Gasteiger partial charge in [0.2, 0.25) is 0 Å². The van der Waals surface area contributed by atoms with Gasteiger partial charge in [0.25, 0.3) is 5.69 Å². The van der Waals surface area contributed by atoms with E-state index < -0.39 is 10.7 Å². The van der Waals surface area contributed by atoms with Gasteiger partial charge >= 0.3 is 0 Å². The number of anilines is 1. The third-order valence-electron chi connectivity index (χ3n) is 2.93. The second kappa shape index (κ2) is 5.79. The van der Waals surface area contributed by atoms with Crippen LogP contribution in [0, 0.1) is 19.5 Å². The number of hydrogen-bond acceptors (Lipinski definition) is 4. The summed E-state index contributed by atoms with van der Waals surface area (Å²) in [6.45, 7) is 1.75. The molecular formula is C11H13FIN3O2. The average molecular weight is 365 g/mol. The van der Waals surface area contributed by atoms with Crippen molar-refractivity contribution in [3.8, 4) is 0 Å². The summed E-state index contributed by atoms with van der Waals surface area (Å²) in [4.78, 5) is 10.5. The van der Waals surface area contributed by atoms with Crippen LogP contribution in [0.15, 0.2) is 12.1 Å². The van der Waals surface area contributed by atoms with Gasteiger partial charge in [-0.3, -0.25) is 10.1 Å².